The largest absolute Gasteiger partial charge is 0.303 e. The smallest absolute Gasteiger partial charge is 0.244 e. The lowest BCUT2D eigenvalue weighted by Crippen LogP contribution is -2.38. The minimum Gasteiger partial charge on any atom is -0.303 e. The molecule has 184 valence electrons. The standard InChI is InChI=1S/C23H36ClN5O2S2/c1-4-27(5-2)14-15-29(6-3)33(30,31)22-16-19(12-13-21(22)24)23-26-28(18-32-23)17-25-20-10-8-7-9-11-20/h12-13,16-17,20H,4-11,14-15,18H2,1-3H3. The van der Waals surface area contributed by atoms with Crippen LogP contribution in [0.4, 0.5) is 0 Å². The molecule has 0 spiro atoms. The molecule has 33 heavy (non-hydrogen) atoms. The van der Waals surface area contributed by atoms with Gasteiger partial charge < -0.3 is 4.90 Å². The van der Waals surface area contributed by atoms with Crippen LogP contribution in [-0.4, -0.2) is 78.7 Å². The molecule has 0 atom stereocenters. The number of aliphatic imine (C=N–C) groups is 1. The predicted octanol–water partition coefficient (Wildman–Crippen LogP) is 4.72. The van der Waals surface area contributed by atoms with E-state index in [1.807, 2.05) is 24.3 Å². The Kier molecular flexibility index (Phi) is 10.1. The molecule has 10 heteroatoms. The van der Waals surface area contributed by atoms with Crippen molar-refractivity contribution in [3.8, 4) is 0 Å². The van der Waals surface area contributed by atoms with Crippen molar-refractivity contribution in [2.24, 2.45) is 10.1 Å². The topological polar surface area (TPSA) is 68.6 Å². The molecule has 7 nitrogen and oxygen atoms in total. The van der Waals surface area contributed by atoms with E-state index < -0.39 is 10.0 Å². The zero-order chi connectivity index (χ0) is 23.8. The molecule has 0 saturated heterocycles. The fraction of sp³-hybridized carbons (Fsp3) is 0.652. The molecule has 1 aliphatic heterocycles. The Morgan fingerprint density at radius 1 is 1.15 bits per heavy atom. The van der Waals surface area contributed by atoms with Crippen LogP contribution in [0.25, 0.3) is 0 Å². The summed E-state index contributed by atoms with van der Waals surface area (Å²) in [5.41, 5.74) is 0.760. The fourth-order valence-electron chi connectivity index (χ4n) is 4.12. The first-order chi connectivity index (χ1) is 15.9. The van der Waals surface area contributed by atoms with Crippen molar-refractivity contribution in [2.45, 2.75) is 63.8 Å². The fourth-order valence-corrected chi connectivity index (χ4v) is 6.89. The Labute approximate surface area is 208 Å². The SMILES string of the molecule is CCN(CC)CCN(CC)S(=O)(=O)c1cc(C2=NN(C=NC3CCCCC3)CS2)ccc1Cl. The van der Waals surface area contributed by atoms with Gasteiger partial charge in [-0.15, -0.1) is 0 Å². The van der Waals surface area contributed by atoms with Gasteiger partial charge in [0.25, 0.3) is 0 Å². The van der Waals surface area contributed by atoms with Gasteiger partial charge in [0.05, 0.1) is 16.9 Å². The molecular formula is C23H36ClN5O2S2. The Bertz CT molecular complexity index is 944. The molecule has 1 heterocycles. The Morgan fingerprint density at radius 3 is 2.55 bits per heavy atom. The van der Waals surface area contributed by atoms with Gasteiger partial charge in [-0.3, -0.25) is 4.99 Å². The van der Waals surface area contributed by atoms with Crippen molar-refractivity contribution >= 4 is 44.8 Å². The Morgan fingerprint density at radius 2 is 1.88 bits per heavy atom. The van der Waals surface area contributed by atoms with Gasteiger partial charge in [-0.2, -0.15) is 9.41 Å². The zero-order valence-electron chi connectivity index (χ0n) is 19.9. The van der Waals surface area contributed by atoms with Crippen LogP contribution >= 0.6 is 23.4 Å². The van der Waals surface area contributed by atoms with Crippen molar-refractivity contribution in [2.75, 3.05) is 38.6 Å². The Balaban J connectivity index is 1.76. The molecule has 0 bridgehead atoms. The second kappa shape index (κ2) is 12.5. The van der Waals surface area contributed by atoms with Crippen molar-refractivity contribution in [3.05, 3.63) is 28.8 Å². The minimum absolute atomic E-state index is 0.140. The first kappa shape index (κ1) is 26.5. The highest BCUT2D eigenvalue weighted by atomic mass is 35.5. The molecule has 3 rings (SSSR count). The molecule has 1 aromatic rings. The molecule has 0 unspecified atom stereocenters. The molecule has 1 saturated carbocycles. The summed E-state index contributed by atoms with van der Waals surface area (Å²) >= 11 is 7.95. The summed E-state index contributed by atoms with van der Waals surface area (Å²) in [6.07, 6.45) is 7.92. The number of hydrogen-bond acceptors (Lipinski definition) is 6. The quantitative estimate of drug-likeness (QED) is 0.316. The van der Waals surface area contributed by atoms with Crippen molar-refractivity contribution in [3.63, 3.8) is 0 Å². The van der Waals surface area contributed by atoms with Crippen LogP contribution in [0, 0.1) is 0 Å². The van der Waals surface area contributed by atoms with Crippen LogP contribution in [0.15, 0.2) is 33.2 Å². The number of likely N-dealkylation sites (N-methyl/N-ethyl adjacent to an activating group) is 2. The number of nitrogens with zero attached hydrogens (tertiary/aromatic N) is 5. The first-order valence-electron chi connectivity index (χ1n) is 11.9. The van der Waals surface area contributed by atoms with Gasteiger partial charge in [-0.05, 0) is 38.1 Å². The molecule has 0 amide bonds. The molecular weight excluding hydrogens is 478 g/mol. The summed E-state index contributed by atoms with van der Waals surface area (Å²) in [5.74, 6) is 0.668. The van der Waals surface area contributed by atoms with E-state index in [-0.39, 0.29) is 9.92 Å². The van der Waals surface area contributed by atoms with Crippen LogP contribution in [0.5, 0.6) is 0 Å². The van der Waals surface area contributed by atoms with E-state index in [0.29, 0.717) is 31.6 Å². The molecule has 0 aromatic heterocycles. The summed E-state index contributed by atoms with van der Waals surface area (Å²) in [5, 5.41) is 7.50. The second-order valence-electron chi connectivity index (χ2n) is 8.34. The Hall–Kier alpha value is -1.13. The molecule has 0 radical (unpaired) electrons. The lowest BCUT2D eigenvalue weighted by Gasteiger charge is -2.25. The van der Waals surface area contributed by atoms with Crippen LogP contribution in [0.2, 0.25) is 5.02 Å². The lowest BCUT2D eigenvalue weighted by molar-refractivity contribution is 0.274. The summed E-state index contributed by atoms with van der Waals surface area (Å²) in [4.78, 5) is 7.05. The minimum atomic E-state index is -3.71. The highest BCUT2D eigenvalue weighted by Crippen LogP contribution is 2.30. The maximum absolute atomic E-state index is 13.4. The average Bonchev–Trinajstić information content (AvgIpc) is 3.30. The highest BCUT2D eigenvalue weighted by Gasteiger charge is 2.27. The van der Waals surface area contributed by atoms with E-state index in [1.54, 1.807) is 23.9 Å². The number of hydrazone groups is 1. The van der Waals surface area contributed by atoms with Crippen LogP contribution in [0.1, 0.15) is 58.4 Å². The molecule has 0 N–H and O–H groups in total. The predicted molar refractivity (Wildman–Crippen MR) is 140 cm³/mol. The molecule has 1 fully saturated rings. The van der Waals surface area contributed by atoms with Crippen molar-refractivity contribution < 1.29 is 8.42 Å². The van der Waals surface area contributed by atoms with Gasteiger partial charge in [0, 0.05) is 25.2 Å². The van der Waals surface area contributed by atoms with Crippen LogP contribution < -0.4 is 0 Å². The number of sulfonamides is 1. The first-order valence-corrected chi connectivity index (χ1v) is 14.7. The zero-order valence-corrected chi connectivity index (χ0v) is 22.3. The van der Waals surface area contributed by atoms with Crippen LogP contribution in [0.3, 0.4) is 0 Å². The van der Waals surface area contributed by atoms with Crippen molar-refractivity contribution in [1.82, 2.24) is 14.2 Å². The highest BCUT2D eigenvalue weighted by molar-refractivity contribution is 8.14. The third-order valence-corrected chi connectivity index (χ3v) is 9.69. The summed E-state index contributed by atoms with van der Waals surface area (Å²) in [6, 6.07) is 5.54. The average molecular weight is 514 g/mol. The maximum atomic E-state index is 13.4. The van der Waals surface area contributed by atoms with E-state index in [1.165, 1.54) is 23.6 Å². The van der Waals surface area contributed by atoms with Crippen molar-refractivity contribution in [1.29, 1.82) is 0 Å². The van der Waals surface area contributed by atoms with E-state index >= 15 is 0 Å². The van der Waals surface area contributed by atoms with Gasteiger partial charge in [-0.25, -0.2) is 13.4 Å². The van der Waals surface area contributed by atoms with E-state index in [0.717, 1.165) is 36.5 Å². The van der Waals surface area contributed by atoms with E-state index in [9.17, 15) is 8.42 Å². The number of rotatable bonds is 11. The normalized spacial score (nSPS) is 18.1. The van der Waals surface area contributed by atoms with Gasteiger partial charge >= 0.3 is 0 Å². The summed E-state index contributed by atoms with van der Waals surface area (Å²) in [6.45, 7) is 9.32. The third-order valence-electron chi connectivity index (χ3n) is 6.25. The number of hydrogen-bond donors (Lipinski definition) is 0. The number of halogens is 1. The molecule has 2 aliphatic rings. The monoisotopic (exact) mass is 513 g/mol. The number of thioether (sulfide) groups is 1. The van der Waals surface area contributed by atoms with Gasteiger partial charge in [0.1, 0.15) is 16.3 Å². The van der Waals surface area contributed by atoms with Crippen LogP contribution in [-0.2, 0) is 10.0 Å². The summed E-state index contributed by atoms with van der Waals surface area (Å²) in [7, 11) is -3.71. The molecule has 1 aromatic carbocycles. The van der Waals surface area contributed by atoms with Gasteiger partial charge in [-0.1, -0.05) is 69.5 Å². The van der Waals surface area contributed by atoms with E-state index in [2.05, 4.69) is 23.8 Å². The lowest BCUT2D eigenvalue weighted by atomic mass is 9.96. The van der Waals surface area contributed by atoms with Gasteiger partial charge in [0.2, 0.25) is 10.0 Å². The molecule has 1 aliphatic carbocycles. The van der Waals surface area contributed by atoms with E-state index in [4.69, 9.17) is 16.6 Å². The van der Waals surface area contributed by atoms with Gasteiger partial charge in [0.15, 0.2) is 0 Å². The second-order valence-corrected chi connectivity index (χ2v) is 11.6. The summed E-state index contributed by atoms with van der Waals surface area (Å²) < 4.78 is 28.4. The maximum Gasteiger partial charge on any atom is 0.244 e. The number of benzene rings is 1. The third kappa shape index (κ3) is 6.94.